The number of carbonyl (C=O) groups is 2. The Bertz CT molecular complexity index is 1020. The van der Waals surface area contributed by atoms with E-state index in [4.69, 9.17) is 9.15 Å². The number of carbonyl (C=O) groups excluding carboxylic acids is 2. The van der Waals surface area contributed by atoms with Gasteiger partial charge in [-0.1, -0.05) is 18.2 Å². The van der Waals surface area contributed by atoms with E-state index >= 15 is 0 Å². The summed E-state index contributed by atoms with van der Waals surface area (Å²) in [7, 11) is 0. The third-order valence-corrected chi connectivity index (χ3v) is 6.06. The number of rotatable bonds is 7. The maximum absolute atomic E-state index is 12.9. The van der Waals surface area contributed by atoms with Gasteiger partial charge in [-0.15, -0.1) is 11.3 Å². The van der Waals surface area contributed by atoms with Crippen molar-refractivity contribution in [1.29, 1.82) is 0 Å². The van der Waals surface area contributed by atoms with Crippen LogP contribution >= 0.6 is 11.3 Å². The molecule has 6 nitrogen and oxygen atoms in total. The largest absolute Gasteiger partial charge is 0.483 e. The van der Waals surface area contributed by atoms with E-state index in [1.165, 1.54) is 16.2 Å². The van der Waals surface area contributed by atoms with Gasteiger partial charge >= 0.3 is 0 Å². The zero-order chi connectivity index (χ0) is 20.2. The van der Waals surface area contributed by atoms with E-state index in [1.807, 2.05) is 37.3 Å². The minimum absolute atomic E-state index is 0.110. The van der Waals surface area contributed by atoms with Crippen LogP contribution in [0.1, 0.15) is 38.5 Å². The Morgan fingerprint density at radius 2 is 2.03 bits per heavy atom. The molecule has 0 radical (unpaired) electrons. The number of furan rings is 1. The van der Waals surface area contributed by atoms with E-state index in [-0.39, 0.29) is 18.4 Å². The van der Waals surface area contributed by atoms with Gasteiger partial charge in [0.05, 0.1) is 18.4 Å². The molecule has 3 aromatic rings. The molecule has 0 spiro atoms. The van der Waals surface area contributed by atoms with Crippen LogP contribution in [0.25, 0.3) is 0 Å². The molecule has 4 rings (SSSR count). The standard InChI is InChI=1S/C22H22N2O4S/c1-14-6-2-3-9-17(14)28-13-19(25)24-22-20(16-8-4-10-18(16)29-22)21(26)23-12-15-7-5-11-27-15/h2-3,5-7,9,11H,4,8,10,12-13H2,1H3,(H,23,26)(H,24,25). The number of ether oxygens (including phenoxy) is 1. The van der Waals surface area contributed by atoms with Crippen LogP contribution in [0.3, 0.4) is 0 Å². The molecule has 2 N–H and O–H groups in total. The fraction of sp³-hybridized carbons (Fsp3) is 0.273. The van der Waals surface area contributed by atoms with E-state index in [1.54, 1.807) is 12.3 Å². The van der Waals surface area contributed by atoms with Crippen molar-refractivity contribution in [3.63, 3.8) is 0 Å². The minimum Gasteiger partial charge on any atom is -0.483 e. The highest BCUT2D eigenvalue weighted by atomic mass is 32.1. The maximum Gasteiger partial charge on any atom is 0.262 e. The molecule has 0 fully saturated rings. The lowest BCUT2D eigenvalue weighted by atomic mass is 10.1. The van der Waals surface area contributed by atoms with Crippen molar-refractivity contribution in [2.45, 2.75) is 32.7 Å². The fourth-order valence-corrected chi connectivity index (χ4v) is 4.73. The Kier molecular flexibility index (Phi) is 5.67. The van der Waals surface area contributed by atoms with Gasteiger partial charge in [0.25, 0.3) is 11.8 Å². The SMILES string of the molecule is Cc1ccccc1OCC(=O)Nc1sc2c(c1C(=O)NCc1ccco1)CCC2. The number of amides is 2. The summed E-state index contributed by atoms with van der Waals surface area (Å²) in [6, 6.07) is 11.1. The molecule has 1 aliphatic rings. The summed E-state index contributed by atoms with van der Waals surface area (Å²) < 4.78 is 10.9. The predicted molar refractivity (Wildman–Crippen MR) is 112 cm³/mol. The normalized spacial score (nSPS) is 12.4. The van der Waals surface area contributed by atoms with Crippen LogP contribution in [0.4, 0.5) is 5.00 Å². The highest BCUT2D eigenvalue weighted by Crippen LogP contribution is 2.39. The number of nitrogens with one attached hydrogen (secondary N) is 2. The summed E-state index contributed by atoms with van der Waals surface area (Å²) in [5, 5.41) is 6.35. The summed E-state index contributed by atoms with van der Waals surface area (Å²) in [6.45, 7) is 2.12. The first kappa shape index (κ1) is 19.3. The van der Waals surface area contributed by atoms with Gasteiger partial charge in [-0.2, -0.15) is 0 Å². The molecule has 1 aromatic carbocycles. The van der Waals surface area contributed by atoms with Gasteiger partial charge in [0.1, 0.15) is 16.5 Å². The second-order valence-electron chi connectivity index (χ2n) is 6.93. The van der Waals surface area contributed by atoms with Gasteiger partial charge in [0.15, 0.2) is 6.61 Å². The van der Waals surface area contributed by atoms with Crippen molar-refractivity contribution in [3.05, 3.63) is 70.0 Å². The molecule has 2 heterocycles. The molecule has 2 amide bonds. The molecular weight excluding hydrogens is 388 g/mol. The van der Waals surface area contributed by atoms with Crippen molar-refractivity contribution in [2.24, 2.45) is 0 Å². The summed E-state index contributed by atoms with van der Waals surface area (Å²) in [5.41, 5.74) is 2.58. The summed E-state index contributed by atoms with van der Waals surface area (Å²) in [6.07, 6.45) is 4.40. The third-order valence-electron chi connectivity index (χ3n) is 4.86. The Balaban J connectivity index is 1.45. The molecular formula is C22H22N2O4S. The van der Waals surface area contributed by atoms with Crippen molar-refractivity contribution >= 4 is 28.2 Å². The molecule has 0 saturated carbocycles. The molecule has 150 valence electrons. The highest BCUT2D eigenvalue weighted by Gasteiger charge is 2.27. The molecule has 7 heteroatoms. The first-order valence-corrected chi connectivity index (χ1v) is 10.4. The molecule has 29 heavy (non-hydrogen) atoms. The quantitative estimate of drug-likeness (QED) is 0.615. The molecule has 0 bridgehead atoms. The summed E-state index contributed by atoms with van der Waals surface area (Å²) >= 11 is 1.48. The molecule has 0 atom stereocenters. The lowest BCUT2D eigenvalue weighted by Gasteiger charge is -2.11. The van der Waals surface area contributed by atoms with Crippen molar-refractivity contribution in [2.75, 3.05) is 11.9 Å². The highest BCUT2D eigenvalue weighted by molar-refractivity contribution is 7.17. The lowest BCUT2D eigenvalue weighted by Crippen LogP contribution is -2.26. The van der Waals surface area contributed by atoms with E-state index in [9.17, 15) is 9.59 Å². The average Bonchev–Trinajstić information content (AvgIpc) is 3.43. The van der Waals surface area contributed by atoms with Crippen LogP contribution in [-0.4, -0.2) is 18.4 Å². The second kappa shape index (κ2) is 8.53. The number of anilines is 1. The number of fused-ring (bicyclic) bond motifs is 1. The van der Waals surface area contributed by atoms with Gasteiger partial charge < -0.3 is 19.8 Å². The number of thiophene rings is 1. The van der Waals surface area contributed by atoms with Gasteiger partial charge in [0.2, 0.25) is 0 Å². The maximum atomic E-state index is 12.9. The summed E-state index contributed by atoms with van der Waals surface area (Å²) in [5.74, 6) is 0.874. The Morgan fingerprint density at radius 1 is 1.17 bits per heavy atom. The molecule has 2 aromatic heterocycles. The van der Waals surface area contributed by atoms with Crippen LogP contribution in [0.2, 0.25) is 0 Å². The first-order chi connectivity index (χ1) is 14.1. The number of para-hydroxylation sites is 1. The third kappa shape index (κ3) is 4.35. The van der Waals surface area contributed by atoms with E-state index < -0.39 is 0 Å². The Labute approximate surface area is 172 Å². The van der Waals surface area contributed by atoms with Gasteiger partial charge in [-0.25, -0.2) is 0 Å². The fourth-order valence-electron chi connectivity index (χ4n) is 3.43. The van der Waals surface area contributed by atoms with Crippen LogP contribution < -0.4 is 15.4 Å². The zero-order valence-electron chi connectivity index (χ0n) is 16.1. The molecule has 0 aliphatic heterocycles. The monoisotopic (exact) mass is 410 g/mol. The van der Waals surface area contributed by atoms with Gasteiger partial charge in [-0.05, 0) is 55.5 Å². The van der Waals surface area contributed by atoms with Crippen molar-refractivity contribution in [3.8, 4) is 5.75 Å². The number of benzene rings is 1. The van der Waals surface area contributed by atoms with Crippen molar-refractivity contribution < 1.29 is 18.7 Å². The van der Waals surface area contributed by atoms with Gasteiger partial charge in [0, 0.05) is 4.88 Å². The Hall–Kier alpha value is -3.06. The van der Waals surface area contributed by atoms with Crippen LogP contribution in [0.15, 0.2) is 47.1 Å². The van der Waals surface area contributed by atoms with E-state index in [2.05, 4.69) is 10.6 Å². The van der Waals surface area contributed by atoms with Gasteiger partial charge in [-0.3, -0.25) is 9.59 Å². The van der Waals surface area contributed by atoms with Crippen molar-refractivity contribution in [1.82, 2.24) is 5.32 Å². The van der Waals surface area contributed by atoms with Crippen LogP contribution in [0, 0.1) is 6.92 Å². The molecule has 0 saturated heterocycles. The number of hydrogen-bond donors (Lipinski definition) is 2. The van der Waals surface area contributed by atoms with E-state index in [0.29, 0.717) is 28.6 Å². The number of aryl methyl sites for hydroxylation is 2. The number of hydrogen-bond acceptors (Lipinski definition) is 5. The van der Waals surface area contributed by atoms with E-state index in [0.717, 1.165) is 30.4 Å². The average molecular weight is 410 g/mol. The van der Waals surface area contributed by atoms with Crippen LogP contribution in [-0.2, 0) is 24.2 Å². The molecule has 0 unspecified atom stereocenters. The summed E-state index contributed by atoms with van der Waals surface area (Å²) in [4.78, 5) is 26.5. The predicted octanol–water partition coefficient (Wildman–Crippen LogP) is 4.09. The lowest BCUT2D eigenvalue weighted by molar-refractivity contribution is -0.118. The minimum atomic E-state index is -0.284. The topological polar surface area (TPSA) is 80.6 Å². The molecule has 1 aliphatic carbocycles. The van der Waals surface area contributed by atoms with Crippen LogP contribution in [0.5, 0.6) is 5.75 Å². The first-order valence-electron chi connectivity index (χ1n) is 9.55. The zero-order valence-corrected chi connectivity index (χ0v) is 16.9. The second-order valence-corrected chi connectivity index (χ2v) is 8.03. The Morgan fingerprint density at radius 3 is 2.83 bits per heavy atom. The smallest absolute Gasteiger partial charge is 0.262 e.